The van der Waals surface area contributed by atoms with Crippen LogP contribution >= 0.6 is 11.6 Å². The van der Waals surface area contributed by atoms with E-state index in [1.165, 1.54) is 24.3 Å². The van der Waals surface area contributed by atoms with E-state index in [4.69, 9.17) is 16.0 Å². The molecule has 0 radical (unpaired) electrons. The number of ketones is 1. The van der Waals surface area contributed by atoms with Gasteiger partial charge in [-0.1, -0.05) is 43.6 Å². The van der Waals surface area contributed by atoms with E-state index in [0.717, 1.165) is 9.69 Å². The molecule has 1 aromatic heterocycles. The molecule has 2 atom stereocenters. The molecule has 2 N–H and O–H groups in total. The number of nitrogens with one attached hydrogen (secondary N) is 2. The third-order valence-corrected chi connectivity index (χ3v) is 8.48. The van der Waals surface area contributed by atoms with Gasteiger partial charge in [-0.3, -0.25) is 14.4 Å². The molecule has 0 bridgehead atoms. The predicted octanol–water partition coefficient (Wildman–Crippen LogP) is 3.77. The van der Waals surface area contributed by atoms with Crippen molar-refractivity contribution in [2.24, 2.45) is 5.92 Å². The molecule has 1 fully saturated rings. The van der Waals surface area contributed by atoms with Gasteiger partial charge in [0.2, 0.25) is 15.9 Å². The standard InChI is InChI=1S/C27H30ClN3O6S/c1-17(2)14-22(30-27(34)25-15-18-6-3-4-8-24(18)37-25)26(33)29-21-7-5-13-31(16-23(21)32)38(35,36)20-11-9-19(28)10-12-20/h3-4,6,8-12,15,17,21-22H,5,7,13-14,16H2,1-2H3,(H,29,33)(H,30,34)/t21?,22-/m0/s1. The number of furan rings is 1. The first kappa shape index (κ1) is 27.8. The Morgan fingerprint density at radius 2 is 1.84 bits per heavy atom. The molecule has 2 heterocycles. The highest BCUT2D eigenvalue weighted by Crippen LogP contribution is 2.22. The van der Waals surface area contributed by atoms with Crippen LogP contribution in [0.5, 0.6) is 0 Å². The van der Waals surface area contributed by atoms with Crippen LogP contribution in [0.2, 0.25) is 5.02 Å². The van der Waals surface area contributed by atoms with Crippen molar-refractivity contribution < 1.29 is 27.2 Å². The van der Waals surface area contributed by atoms with Gasteiger partial charge in [0, 0.05) is 17.0 Å². The van der Waals surface area contributed by atoms with Crippen LogP contribution in [0.4, 0.5) is 0 Å². The summed E-state index contributed by atoms with van der Waals surface area (Å²) in [6.07, 6.45) is 1.00. The summed E-state index contributed by atoms with van der Waals surface area (Å²) in [7, 11) is -3.90. The first-order valence-corrected chi connectivity index (χ1v) is 14.2. The van der Waals surface area contributed by atoms with E-state index in [0.29, 0.717) is 23.4 Å². The van der Waals surface area contributed by atoms with Gasteiger partial charge in [-0.25, -0.2) is 8.42 Å². The number of para-hydroxylation sites is 1. The Kier molecular flexibility index (Phi) is 8.54. The molecule has 1 aliphatic heterocycles. The lowest BCUT2D eigenvalue weighted by Crippen LogP contribution is -2.52. The van der Waals surface area contributed by atoms with Crippen molar-refractivity contribution >= 4 is 50.2 Å². The normalized spacial score (nSPS) is 17.8. The van der Waals surface area contributed by atoms with Crippen molar-refractivity contribution in [2.45, 2.75) is 50.1 Å². The monoisotopic (exact) mass is 559 g/mol. The second-order valence-corrected chi connectivity index (χ2v) is 12.1. The average Bonchev–Trinajstić information content (AvgIpc) is 3.22. The van der Waals surface area contributed by atoms with Gasteiger partial charge in [-0.2, -0.15) is 4.31 Å². The molecule has 2 aromatic carbocycles. The lowest BCUT2D eigenvalue weighted by molar-refractivity contribution is -0.129. The molecule has 2 amide bonds. The molecule has 4 rings (SSSR count). The summed E-state index contributed by atoms with van der Waals surface area (Å²) < 4.78 is 32.9. The summed E-state index contributed by atoms with van der Waals surface area (Å²) in [5.74, 6) is -1.29. The number of fused-ring (bicyclic) bond motifs is 1. The largest absolute Gasteiger partial charge is 0.451 e. The minimum absolute atomic E-state index is 0.0440. The van der Waals surface area contributed by atoms with Gasteiger partial charge in [-0.15, -0.1) is 0 Å². The van der Waals surface area contributed by atoms with Crippen molar-refractivity contribution in [1.82, 2.24) is 14.9 Å². The van der Waals surface area contributed by atoms with Gasteiger partial charge >= 0.3 is 0 Å². The smallest absolute Gasteiger partial charge is 0.287 e. The molecule has 202 valence electrons. The molecular formula is C27H30ClN3O6S. The number of hydrogen-bond donors (Lipinski definition) is 2. The number of halogens is 1. The van der Waals surface area contributed by atoms with E-state index >= 15 is 0 Å². The van der Waals surface area contributed by atoms with Gasteiger partial charge in [0.1, 0.15) is 11.6 Å². The summed E-state index contributed by atoms with van der Waals surface area (Å²) in [5, 5.41) is 6.65. The Labute approximate surface area is 226 Å². The molecule has 0 spiro atoms. The van der Waals surface area contributed by atoms with E-state index in [2.05, 4.69) is 10.6 Å². The maximum Gasteiger partial charge on any atom is 0.287 e. The lowest BCUT2D eigenvalue weighted by Gasteiger charge is -2.23. The molecule has 11 heteroatoms. The zero-order chi connectivity index (χ0) is 27.4. The van der Waals surface area contributed by atoms with Crippen LogP contribution in [0.15, 0.2) is 63.9 Å². The van der Waals surface area contributed by atoms with Crippen LogP contribution in [-0.2, 0) is 19.6 Å². The number of nitrogens with zero attached hydrogens (tertiary/aromatic N) is 1. The highest BCUT2D eigenvalue weighted by atomic mass is 35.5. The molecule has 0 saturated carbocycles. The van der Waals surface area contributed by atoms with E-state index in [1.807, 2.05) is 26.0 Å². The summed E-state index contributed by atoms with van der Waals surface area (Å²) in [4.78, 5) is 39.2. The number of carbonyl (C=O) groups is 3. The number of hydrogen-bond acceptors (Lipinski definition) is 6. The Morgan fingerprint density at radius 3 is 2.53 bits per heavy atom. The van der Waals surface area contributed by atoms with Gasteiger partial charge in [0.15, 0.2) is 11.5 Å². The molecule has 1 aliphatic rings. The zero-order valence-electron chi connectivity index (χ0n) is 21.1. The minimum atomic E-state index is -3.90. The topological polar surface area (TPSA) is 126 Å². The molecule has 1 unspecified atom stereocenters. The molecule has 0 aliphatic carbocycles. The second-order valence-electron chi connectivity index (χ2n) is 9.77. The fourth-order valence-electron chi connectivity index (χ4n) is 4.41. The number of benzene rings is 2. The number of rotatable bonds is 8. The van der Waals surface area contributed by atoms with E-state index in [-0.39, 0.29) is 36.1 Å². The van der Waals surface area contributed by atoms with E-state index < -0.39 is 39.7 Å². The Morgan fingerprint density at radius 1 is 1.13 bits per heavy atom. The summed E-state index contributed by atoms with van der Waals surface area (Å²) in [6.45, 7) is 3.62. The third kappa shape index (κ3) is 6.43. The quantitative estimate of drug-likeness (QED) is 0.433. The van der Waals surface area contributed by atoms with Crippen LogP contribution in [0.25, 0.3) is 11.0 Å². The molecule has 9 nitrogen and oxygen atoms in total. The fourth-order valence-corrected chi connectivity index (χ4v) is 5.98. The van der Waals surface area contributed by atoms with Crippen molar-refractivity contribution in [3.05, 3.63) is 65.4 Å². The number of carbonyl (C=O) groups excluding carboxylic acids is 3. The Bertz CT molecular complexity index is 1400. The molecule has 38 heavy (non-hydrogen) atoms. The summed E-state index contributed by atoms with van der Waals surface area (Å²) >= 11 is 5.87. The summed E-state index contributed by atoms with van der Waals surface area (Å²) in [5.41, 5.74) is 0.560. The Hall–Kier alpha value is -3.21. The Balaban J connectivity index is 1.44. The SMILES string of the molecule is CC(C)C[C@H](NC(=O)c1cc2ccccc2o1)C(=O)NC1CCCN(S(=O)(=O)c2ccc(Cl)cc2)CC1=O. The maximum atomic E-state index is 13.2. The van der Waals surface area contributed by atoms with Crippen molar-refractivity contribution in [3.63, 3.8) is 0 Å². The van der Waals surface area contributed by atoms with Gasteiger partial charge < -0.3 is 15.1 Å². The van der Waals surface area contributed by atoms with Gasteiger partial charge in [0.05, 0.1) is 17.5 Å². The first-order valence-electron chi connectivity index (χ1n) is 12.4. The predicted molar refractivity (Wildman–Crippen MR) is 143 cm³/mol. The highest BCUT2D eigenvalue weighted by molar-refractivity contribution is 7.89. The third-order valence-electron chi connectivity index (χ3n) is 6.37. The van der Waals surface area contributed by atoms with Crippen molar-refractivity contribution in [1.29, 1.82) is 0 Å². The molecule has 3 aromatic rings. The molecule has 1 saturated heterocycles. The van der Waals surface area contributed by atoms with E-state index in [9.17, 15) is 22.8 Å². The van der Waals surface area contributed by atoms with Crippen LogP contribution in [0.3, 0.4) is 0 Å². The molecular weight excluding hydrogens is 530 g/mol. The van der Waals surface area contributed by atoms with Crippen LogP contribution < -0.4 is 10.6 Å². The highest BCUT2D eigenvalue weighted by Gasteiger charge is 2.34. The summed E-state index contributed by atoms with van der Waals surface area (Å²) in [6, 6.07) is 12.8. The minimum Gasteiger partial charge on any atom is -0.451 e. The van der Waals surface area contributed by atoms with Gasteiger partial charge in [0.25, 0.3) is 5.91 Å². The maximum absolute atomic E-state index is 13.2. The van der Waals surface area contributed by atoms with Crippen LogP contribution in [0.1, 0.15) is 43.7 Å². The average molecular weight is 560 g/mol. The number of amides is 2. The first-order chi connectivity index (χ1) is 18.0. The fraction of sp³-hybridized carbons (Fsp3) is 0.370. The second kappa shape index (κ2) is 11.7. The number of Topliss-reactive ketones (excluding diaryl/α,β-unsaturated/α-hetero) is 1. The van der Waals surface area contributed by atoms with Crippen molar-refractivity contribution in [2.75, 3.05) is 13.1 Å². The van der Waals surface area contributed by atoms with E-state index in [1.54, 1.807) is 18.2 Å². The van der Waals surface area contributed by atoms with Crippen molar-refractivity contribution in [3.8, 4) is 0 Å². The van der Waals surface area contributed by atoms with Gasteiger partial charge in [-0.05, 0) is 61.6 Å². The zero-order valence-corrected chi connectivity index (χ0v) is 22.7. The number of sulfonamides is 1. The van der Waals surface area contributed by atoms with Crippen LogP contribution in [-0.4, -0.2) is 55.5 Å². The van der Waals surface area contributed by atoms with Crippen LogP contribution in [0, 0.1) is 5.92 Å². The lowest BCUT2D eigenvalue weighted by atomic mass is 10.0.